The van der Waals surface area contributed by atoms with Crippen LogP contribution >= 0.6 is 0 Å². The second-order valence-electron chi connectivity index (χ2n) is 4.71. The molecule has 3 nitrogen and oxygen atoms in total. The molecule has 4 heteroatoms. The average Bonchev–Trinajstić information content (AvgIpc) is 2.49. The highest BCUT2D eigenvalue weighted by Gasteiger charge is 2.23. The van der Waals surface area contributed by atoms with Crippen molar-refractivity contribution in [2.24, 2.45) is 0 Å². The van der Waals surface area contributed by atoms with Crippen molar-refractivity contribution in [2.75, 3.05) is 13.7 Å². The molecule has 2 aromatic rings. The lowest BCUT2D eigenvalue weighted by Crippen LogP contribution is -2.21. The Balaban J connectivity index is 2.18. The van der Waals surface area contributed by atoms with Crippen molar-refractivity contribution >= 4 is 5.97 Å². The molecule has 21 heavy (non-hydrogen) atoms. The lowest BCUT2D eigenvalue weighted by Gasteiger charge is -2.17. The molecule has 0 heterocycles. The minimum absolute atomic E-state index is 0.0982. The fourth-order valence-electron chi connectivity index (χ4n) is 2.06. The summed E-state index contributed by atoms with van der Waals surface area (Å²) in [6.07, 6.45) is 0. The Kier molecular flexibility index (Phi) is 4.93. The minimum Gasteiger partial charge on any atom is -0.492 e. The van der Waals surface area contributed by atoms with Gasteiger partial charge in [0.05, 0.1) is 7.11 Å². The largest absolute Gasteiger partial charge is 0.492 e. The second kappa shape index (κ2) is 6.88. The topological polar surface area (TPSA) is 35.5 Å². The number of carbonyl (C=O) groups excluding carboxylic acids is 1. The molecular weight excluding hydrogens is 271 g/mol. The predicted octanol–water partition coefficient (Wildman–Crippen LogP) is 3.47. The van der Waals surface area contributed by atoms with Crippen molar-refractivity contribution in [1.29, 1.82) is 0 Å². The van der Waals surface area contributed by atoms with Gasteiger partial charge in [-0.2, -0.15) is 0 Å². The van der Waals surface area contributed by atoms with Crippen LogP contribution < -0.4 is 4.74 Å². The van der Waals surface area contributed by atoms with Crippen LogP contribution in [0.1, 0.15) is 17.0 Å². The van der Waals surface area contributed by atoms with Crippen LogP contribution in [0.4, 0.5) is 4.39 Å². The van der Waals surface area contributed by atoms with Gasteiger partial charge in [-0.25, -0.2) is 4.39 Å². The Morgan fingerprint density at radius 2 is 1.95 bits per heavy atom. The Morgan fingerprint density at radius 3 is 2.62 bits per heavy atom. The first-order valence-electron chi connectivity index (χ1n) is 6.63. The van der Waals surface area contributed by atoms with Gasteiger partial charge in [-0.3, -0.25) is 4.79 Å². The number of hydrogen-bond acceptors (Lipinski definition) is 3. The van der Waals surface area contributed by atoms with Crippen LogP contribution in [-0.2, 0) is 9.53 Å². The molecule has 0 saturated heterocycles. The molecule has 0 aromatic heterocycles. The molecule has 0 aliphatic heterocycles. The van der Waals surface area contributed by atoms with Gasteiger partial charge in [0.15, 0.2) is 0 Å². The zero-order valence-corrected chi connectivity index (χ0v) is 12.0. The van der Waals surface area contributed by atoms with Crippen molar-refractivity contribution in [3.63, 3.8) is 0 Å². The molecule has 0 N–H and O–H groups in total. The third-order valence-electron chi connectivity index (χ3n) is 3.24. The zero-order valence-electron chi connectivity index (χ0n) is 12.0. The predicted molar refractivity (Wildman–Crippen MR) is 77.8 cm³/mol. The van der Waals surface area contributed by atoms with Gasteiger partial charge in [0.2, 0.25) is 0 Å². The molecule has 0 spiro atoms. The number of rotatable bonds is 5. The van der Waals surface area contributed by atoms with Crippen molar-refractivity contribution in [1.82, 2.24) is 0 Å². The number of methoxy groups -OCH3 is 1. The van der Waals surface area contributed by atoms with E-state index >= 15 is 0 Å². The maximum Gasteiger partial charge on any atom is 0.316 e. The first kappa shape index (κ1) is 15.0. The van der Waals surface area contributed by atoms with E-state index in [-0.39, 0.29) is 6.61 Å². The molecule has 0 bridgehead atoms. The maximum absolute atomic E-state index is 13.3. The van der Waals surface area contributed by atoms with Crippen LogP contribution in [0.2, 0.25) is 0 Å². The summed E-state index contributed by atoms with van der Waals surface area (Å²) in [5, 5.41) is 0. The number of hydrogen-bond donors (Lipinski definition) is 0. The molecule has 0 aliphatic carbocycles. The third kappa shape index (κ3) is 3.81. The fraction of sp³-hybridized carbons (Fsp3) is 0.235. The number of halogens is 1. The van der Waals surface area contributed by atoms with Crippen molar-refractivity contribution < 1.29 is 18.7 Å². The van der Waals surface area contributed by atoms with E-state index in [1.54, 1.807) is 12.1 Å². The second-order valence-corrected chi connectivity index (χ2v) is 4.71. The SMILES string of the molecule is COC(=O)C(COc1ccccc1C)c1cccc(F)c1. The van der Waals surface area contributed by atoms with Crippen LogP contribution in [-0.4, -0.2) is 19.7 Å². The summed E-state index contributed by atoms with van der Waals surface area (Å²) in [6, 6.07) is 13.4. The normalized spacial score (nSPS) is 11.8. The van der Waals surface area contributed by atoms with Crippen molar-refractivity contribution in [2.45, 2.75) is 12.8 Å². The molecule has 0 saturated carbocycles. The van der Waals surface area contributed by atoms with E-state index in [9.17, 15) is 9.18 Å². The first-order chi connectivity index (χ1) is 10.1. The molecule has 0 radical (unpaired) electrons. The summed E-state index contributed by atoms with van der Waals surface area (Å²) < 4.78 is 23.8. The molecule has 0 fully saturated rings. The standard InChI is InChI=1S/C17H17FO3/c1-12-6-3-4-9-16(12)21-11-15(17(19)20-2)13-7-5-8-14(18)10-13/h3-10,15H,11H2,1-2H3. The highest BCUT2D eigenvalue weighted by Crippen LogP contribution is 2.22. The maximum atomic E-state index is 13.3. The van der Waals surface area contributed by atoms with Gasteiger partial charge in [0.1, 0.15) is 24.1 Å². The van der Waals surface area contributed by atoms with Gasteiger partial charge in [-0.1, -0.05) is 30.3 Å². The summed E-state index contributed by atoms with van der Waals surface area (Å²) in [5.41, 5.74) is 1.51. The number of esters is 1. The molecule has 0 amide bonds. The number of carbonyl (C=O) groups is 1. The van der Waals surface area contributed by atoms with E-state index in [0.29, 0.717) is 11.3 Å². The lowest BCUT2D eigenvalue weighted by molar-refractivity contribution is -0.143. The summed E-state index contributed by atoms with van der Waals surface area (Å²) in [4.78, 5) is 11.9. The quantitative estimate of drug-likeness (QED) is 0.790. The Bertz CT molecular complexity index is 625. The molecule has 110 valence electrons. The van der Waals surface area contributed by atoms with Gasteiger partial charge in [0.25, 0.3) is 0 Å². The Labute approximate surface area is 123 Å². The van der Waals surface area contributed by atoms with Gasteiger partial charge < -0.3 is 9.47 Å². The fourth-order valence-corrected chi connectivity index (χ4v) is 2.06. The van der Waals surface area contributed by atoms with Crippen LogP contribution in [0.15, 0.2) is 48.5 Å². The first-order valence-corrected chi connectivity index (χ1v) is 6.63. The molecular formula is C17H17FO3. The summed E-state index contributed by atoms with van der Waals surface area (Å²) in [6.45, 7) is 2.02. The van der Waals surface area contributed by atoms with Crippen molar-refractivity contribution in [3.8, 4) is 5.75 Å². The molecule has 0 aliphatic rings. The van der Waals surface area contributed by atoms with Crippen LogP contribution in [0.3, 0.4) is 0 Å². The average molecular weight is 288 g/mol. The Hall–Kier alpha value is -2.36. The molecule has 2 rings (SSSR count). The van der Waals surface area contributed by atoms with Gasteiger partial charge in [0, 0.05) is 0 Å². The lowest BCUT2D eigenvalue weighted by atomic mass is 10.00. The van der Waals surface area contributed by atoms with E-state index in [1.165, 1.54) is 19.2 Å². The summed E-state index contributed by atoms with van der Waals surface area (Å²) in [5.74, 6) is -0.806. The number of para-hydroxylation sites is 1. The van der Waals surface area contributed by atoms with Crippen LogP contribution in [0.5, 0.6) is 5.75 Å². The molecule has 2 aromatic carbocycles. The summed E-state index contributed by atoms with van der Waals surface area (Å²) >= 11 is 0. The summed E-state index contributed by atoms with van der Waals surface area (Å²) in [7, 11) is 1.31. The van der Waals surface area contributed by atoms with E-state index in [1.807, 2.05) is 31.2 Å². The highest BCUT2D eigenvalue weighted by molar-refractivity contribution is 5.78. The van der Waals surface area contributed by atoms with E-state index < -0.39 is 17.7 Å². The number of aryl methyl sites for hydroxylation is 1. The van der Waals surface area contributed by atoms with Gasteiger partial charge in [-0.05, 0) is 36.2 Å². The van der Waals surface area contributed by atoms with E-state index in [2.05, 4.69) is 0 Å². The van der Waals surface area contributed by atoms with E-state index in [0.717, 1.165) is 5.56 Å². The zero-order chi connectivity index (χ0) is 15.2. The van der Waals surface area contributed by atoms with Crippen LogP contribution in [0.25, 0.3) is 0 Å². The van der Waals surface area contributed by atoms with Crippen LogP contribution in [0, 0.1) is 12.7 Å². The highest BCUT2D eigenvalue weighted by atomic mass is 19.1. The van der Waals surface area contributed by atoms with E-state index in [4.69, 9.17) is 9.47 Å². The molecule has 1 atom stereocenters. The Morgan fingerprint density at radius 1 is 1.19 bits per heavy atom. The monoisotopic (exact) mass is 288 g/mol. The third-order valence-corrected chi connectivity index (χ3v) is 3.24. The minimum atomic E-state index is -0.662. The van der Waals surface area contributed by atoms with Gasteiger partial charge in [-0.15, -0.1) is 0 Å². The smallest absolute Gasteiger partial charge is 0.316 e. The molecule has 1 unspecified atom stereocenters. The number of ether oxygens (including phenoxy) is 2. The van der Waals surface area contributed by atoms with Gasteiger partial charge >= 0.3 is 5.97 Å². The number of benzene rings is 2. The van der Waals surface area contributed by atoms with Crippen molar-refractivity contribution in [3.05, 3.63) is 65.5 Å².